The van der Waals surface area contributed by atoms with E-state index in [2.05, 4.69) is 26.8 Å². The minimum absolute atomic E-state index is 0.248. The van der Waals surface area contributed by atoms with E-state index in [9.17, 15) is 8.78 Å². The quantitative estimate of drug-likeness (QED) is 0.610. The van der Waals surface area contributed by atoms with Gasteiger partial charge in [0.15, 0.2) is 11.6 Å². The number of nitrogen functional groups attached to an aromatic ring is 2. The van der Waals surface area contributed by atoms with E-state index in [1.54, 1.807) is 24.5 Å². The number of rotatable bonds is 5. The average Bonchev–Trinajstić information content (AvgIpc) is 3.47. The lowest BCUT2D eigenvalue weighted by Crippen LogP contribution is -2.32. The predicted molar refractivity (Wildman–Crippen MR) is 125 cm³/mol. The first-order valence-electron chi connectivity index (χ1n) is 11.4. The van der Waals surface area contributed by atoms with Gasteiger partial charge in [-0.2, -0.15) is 0 Å². The Hall–Kier alpha value is -3.29. The molecule has 5 rings (SSSR count). The van der Waals surface area contributed by atoms with Gasteiger partial charge in [-0.25, -0.2) is 18.7 Å². The maximum absolute atomic E-state index is 14.7. The fraction of sp³-hybridized carbons (Fsp3) is 0.400. The van der Waals surface area contributed by atoms with Crippen LogP contribution in [0.4, 0.5) is 26.2 Å². The number of hydrogen-bond acceptors (Lipinski definition) is 6. The molecule has 2 aromatic heterocycles. The number of anilines is 3. The highest BCUT2D eigenvalue weighted by atomic mass is 19.2. The largest absolute Gasteiger partial charge is 0.383 e. The summed E-state index contributed by atoms with van der Waals surface area (Å²) < 4.78 is 28.6. The van der Waals surface area contributed by atoms with Crippen LogP contribution in [0.3, 0.4) is 0 Å². The zero-order valence-electron chi connectivity index (χ0n) is 18.9. The Morgan fingerprint density at radius 3 is 2.70 bits per heavy atom. The molecule has 0 radical (unpaired) electrons. The second kappa shape index (κ2) is 7.93. The van der Waals surface area contributed by atoms with Crippen LogP contribution in [0.5, 0.6) is 0 Å². The Labute approximate surface area is 192 Å². The van der Waals surface area contributed by atoms with Gasteiger partial charge in [0.1, 0.15) is 17.5 Å². The van der Waals surface area contributed by atoms with Gasteiger partial charge in [0.05, 0.1) is 11.9 Å². The number of nitrogens with two attached hydrogens (primary N) is 2. The van der Waals surface area contributed by atoms with Crippen molar-refractivity contribution < 1.29 is 8.78 Å². The number of fused-ring (bicyclic) bond motifs is 1. The fourth-order valence-electron chi connectivity index (χ4n) is 5.84. The first-order chi connectivity index (χ1) is 15.9. The van der Waals surface area contributed by atoms with Crippen LogP contribution in [0.25, 0.3) is 0 Å². The van der Waals surface area contributed by atoms with Gasteiger partial charge in [-0.15, -0.1) is 0 Å². The lowest BCUT2D eigenvalue weighted by atomic mass is 9.88. The first-order valence-corrected chi connectivity index (χ1v) is 11.4. The third-order valence-corrected chi connectivity index (χ3v) is 7.77. The molecule has 0 amide bonds. The van der Waals surface area contributed by atoms with Gasteiger partial charge in [-0.1, -0.05) is 19.1 Å². The lowest BCUT2D eigenvalue weighted by molar-refractivity contribution is 0.464. The van der Waals surface area contributed by atoms with E-state index in [0.717, 1.165) is 42.9 Å². The number of hydrogen-bond donors (Lipinski definition) is 2. The summed E-state index contributed by atoms with van der Waals surface area (Å²) in [6, 6.07) is 6.44. The van der Waals surface area contributed by atoms with Gasteiger partial charge in [0, 0.05) is 31.1 Å². The Bertz CT molecular complexity index is 1220. The van der Waals surface area contributed by atoms with Gasteiger partial charge in [-0.05, 0) is 60.4 Å². The van der Waals surface area contributed by atoms with Crippen LogP contribution >= 0.6 is 0 Å². The molecule has 1 aliphatic heterocycles. The molecule has 0 spiro atoms. The third kappa shape index (κ3) is 3.39. The van der Waals surface area contributed by atoms with Crippen LogP contribution in [0, 0.1) is 30.4 Å². The first kappa shape index (κ1) is 21.6. The van der Waals surface area contributed by atoms with Crippen LogP contribution in [-0.4, -0.2) is 28.0 Å². The molecular formula is C25H28F2N6. The molecule has 33 heavy (non-hydrogen) atoms. The fourth-order valence-corrected chi connectivity index (χ4v) is 5.84. The van der Waals surface area contributed by atoms with E-state index in [4.69, 9.17) is 11.5 Å². The molecule has 2 fully saturated rings. The van der Waals surface area contributed by atoms with Crippen molar-refractivity contribution in [3.63, 3.8) is 0 Å². The zero-order chi connectivity index (χ0) is 23.3. The van der Waals surface area contributed by atoms with E-state index in [1.807, 2.05) is 13.0 Å². The molecule has 172 valence electrons. The van der Waals surface area contributed by atoms with Crippen molar-refractivity contribution in [2.24, 2.45) is 11.8 Å². The van der Waals surface area contributed by atoms with E-state index >= 15 is 0 Å². The molecule has 3 aromatic rings. The van der Waals surface area contributed by atoms with E-state index in [0.29, 0.717) is 35.2 Å². The van der Waals surface area contributed by atoms with Gasteiger partial charge < -0.3 is 16.4 Å². The third-order valence-electron chi connectivity index (χ3n) is 7.77. The molecular weight excluding hydrogens is 422 g/mol. The van der Waals surface area contributed by atoms with Crippen molar-refractivity contribution in [1.82, 2.24) is 15.0 Å². The van der Waals surface area contributed by atoms with Crippen molar-refractivity contribution in [1.29, 1.82) is 0 Å². The molecule has 2 aliphatic rings. The monoisotopic (exact) mass is 450 g/mol. The van der Waals surface area contributed by atoms with Crippen LogP contribution in [0.1, 0.15) is 42.1 Å². The van der Waals surface area contributed by atoms with Gasteiger partial charge in [0.25, 0.3) is 0 Å². The molecule has 3 heterocycles. The molecule has 4 N–H and O–H groups in total. The van der Waals surface area contributed by atoms with Gasteiger partial charge >= 0.3 is 0 Å². The molecule has 3 atom stereocenters. The van der Waals surface area contributed by atoms with Crippen molar-refractivity contribution >= 4 is 17.5 Å². The molecule has 8 heteroatoms. The molecule has 2 unspecified atom stereocenters. The number of piperidine rings is 1. The number of pyridine rings is 1. The number of halogens is 2. The van der Waals surface area contributed by atoms with Gasteiger partial charge in [-0.3, -0.25) is 4.98 Å². The molecule has 0 bridgehead atoms. The Kier molecular flexibility index (Phi) is 5.18. The van der Waals surface area contributed by atoms with Gasteiger partial charge in [0.2, 0.25) is 0 Å². The molecule has 1 saturated carbocycles. The van der Waals surface area contributed by atoms with Crippen molar-refractivity contribution in [2.45, 2.75) is 38.5 Å². The summed E-state index contributed by atoms with van der Waals surface area (Å²) in [4.78, 5) is 15.5. The van der Waals surface area contributed by atoms with Crippen molar-refractivity contribution in [2.75, 3.05) is 29.5 Å². The summed E-state index contributed by atoms with van der Waals surface area (Å²) >= 11 is 0. The Balaban J connectivity index is 1.36. The summed E-state index contributed by atoms with van der Waals surface area (Å²) in [5.74, 6) is 0.715. The maximum Gasteiger partial charge on any atom is 0.162 e. The highest BCUT2D eigenvalue weighted by Gasteiger charge is 2.66. The molecule has 1 saturated heterocycles. The minimum Gasteiger partial charge on any atom is -0.383 e. The maximum atomic E-state index is 14.7. The van der Waals surface area contributed by atoms with E-state index in [1.165, 1.54) is 6.07 Å². The second-order valence-corrected chi connectivity index (χ2v) is 9.16. The molecule has 1 aliphatic carbocycles. The standard InChI is InChI=1S/C25H28F2N6/c1-3-25(17-5-4-6-19(26)22(17)27)16-8-10-33(13-18(16)25)21-12-31-20(24(29)32-21)11-15-7-9-30-23(28)14(15)2/h4-7,9,12,16,18H,3,8,10-11,13H2,1-2H3,(H2,28,30)(H2,29,32)/t16?,18?,25-/m1/s1. The number of nitrogens with zero attached hydrogens (tertiary/aromatic N) is 4. The van der Waals surface area contributed by atoms with Crippen molar-refractivity contribution in [3.05, 3.63) is 70.7 Å². The summed E-state index contributed by atoms with van der Waals surface area (Å²) in [7, 11) is 0. The van der Waals surface area contributed by atoms with Crippen molar-refractivity contribution in [3.8, 4) is 0 Å². The smallest absolute Gasteiger partial charge is 0.162 e. The highest BCUT2D eigenvalue weighted by Crippen LogP contribution is 2.66. The summed E-state index contributed by atoms with van der Waals surface area (Å²) in [6.45, 7) is 5.50. The molecule has 6 nitrogen and oxygen atoms in total. The van der Waals surface area contributed by atoms with E-state index < -0.39 is 11.6 Å². The molecule has 1 aromatic carbocycles. The minimum atomic E-state index is -0.777. The predicted octanol–water partition coefficient (Wildman–Crippen LogP) is 4.02. The second-order valence-electron chi connectivity index (χ2n) is 9.16. The van der Waals surface area contributed by atoms with E-state index in [-0.39, 0.29) is 11.3 Å². The Morgan fingerprint density at radius 2 is 1.94 bits per heavy atom. The van der Waals surface area contributed by atoms with Crippen LogP contribution in [0.15, 0.2) is 36.7 Å². The summed E-state index contributed by atoms with van der Waals surface area (Å²) in [6.07, 6.45) is 5.63. The zero-order valence-corrected chi connectivity index (χ0v) is 18.9. The average molecular weight is 451 g/mol. The highest BCUT2D eigenvalue weighted by molar-refractivity contribution is 5.51. The van der Waals surface area contributed by atoms with Crippen LogP contribution in [0.2, 0.25) is 0 Å². The Morgan fingerprint density at radius 1 is 1.12 bits per heavy atom. The number of aromatic nitrogens is 3. The van der Waals surface area contributed by atoms with Crippen LogP contribution < -0.4 is 16.4 Å². The topological polar surface area (TPSA) is 94.0 Å². The number of benzene rings is 1. The summed E-state index contributed by atoms with van der Waals surface area (Å²) in [5.41, 5.74) is 15.0. The normalized spacial score (nSPS) is 23.9. The summed E-state index contributed by atoms with van der Waals surface area (Å²) in [5, 5.41) is 0. The SMILES string of the molecule is CC[C@]1(c2cccc(F)c2F)C2CCN(c3cnc(Cc4ccnc(N)c4C)c(N)n3)CC21. The van der Waals surface area contributed by atoms with Crippen LogP contribution in [-0.2, 0) is 11.8 Å². The lowest BCUT2D eigenvalue weighted by Gasteiger charge is -2.27.